The number of carbonyl (C=O) groups is 2. The number of hydrogen-bond acceptors (Lipinski definition) is 4. The number of fused-ring (bicyclic) bond motifs is 1. The van der Waals surface area contributed by atoms with Crippen LogP contribution in [0.15, 0.2) is 53.2 Å². The first-order valence-electron chi connectivity index (χ1n) is 9.38. The second-order valence-electron chi connectivity index (χ2n) is 6.88. The third-order valence-corrected chi connectivity index (χ3v) is 7.03. The van der Waals surface area contributed by atoms with Crippen LogP contribution in [0.3, 0.4) is 0 Å². The lowest BCUT2D eigenvalue weighted by Crippen LogP contribution is -2.41. The molecular formula is C22H22N2O2S2. The molecule has 2 amide bonds. The Hall–Kier alpha value is -2.44. The van der Waals surface area contributed by atoms with Gasteiger partial charge in [-0.15, -0.1) is 22.7 Å². The summed E-state index contributed by atoms with van der Waals surface area (Å²) in [6, 6.07) is 13.8. The maximum atomic E-state index is 13.0. The van der Waals surface area contributed by atoms with Gasteiger partial charge in [-0.2, -0.15) is 0 Å². The van der Waals surface area contributed by atoms with E-state index in [1.54, 1.807) is 22.7 Å². The minimum atomic E-state index is -0.125. The summed E-state index contributed by atoms with van der Waals surface area (Å²) >= 11 is 3.46. The molecule has 0 fully saturated rings. The van der Waals surface area contributed by atoms with E-state index in [4.69, 9.17) is 0 Å². The number of rotatable bonds is 5. The van der Waals surface area contributed by atoms with Gasteiger partial charge in [0.05, 0.1) is 6.04 Å². The van der Waals surface area contributed by atoms with Gasteiger partial charge in [-0.05, 0) is 53.4 Å². The Balaban J connectivity index is 1.43. The van der Waals surface area contributed by atoms with Crippen LogP contribution in [0.2, 0.25) is 0 Å². The Labute approximate surface area is 172 Å². The molecule has 1 N–H and O–H groups in total. The molecule has 0 spiro atoms. The number of benzene rings is 1. The molecule has 3 aromatic rings. The molecule has 4 rings (SSSR count). The van der Waals surface area contributed by atoms with Crippen molar-refractivity contribution in [2.24, 2.45) is 0 Å². The van der Waals surface area contributed by atoms with E-state index in [-0.39, 0.29) is 17.9 Å². The van der Waals surface area contributed by atoms with E-state index in [9.17, 15) is 9.59 Å². The highest BCUT2D eigenvalue weighted by Crippen LogP contribution is 2.39. The lowest BCUT2D eigenvalue weighted by molar-refractivity contribution is -0.133. The van der Waals surface area contributed by atoms with Crippen LogP contribution in [0.1, 0.15) is 43.7 Å². The summed E-state index contributed by atoms with van der Waals surface area (Å²) in [6.07, 6.45) is 1.20. The predicted molar refractivity (Wildman–Crippen MR) is 114 cm³/mol. The Kier molecular flexibility index (Phi) is 5.59. The van der Waals surface area contributed by atoms with Crippen molar-refractivity contribution in [2.45, 2.75) is 25.8 Å². The van der Waals surface area contributed by atoms with Gasteiger partial charge in [-0.25, -0.2) is 0 Å². The highest BCUT2D eigenvalue weighted by Gasteiger charge is 2.33. The van der Waals surface area contributed by atoms with Gasteiger partial charge in [0.15, 0.2) is 0 Å². The number of thiophene rings is 2. The lowest BCUT2D eigenvalue weighted by atomic mass is 9.98. The second kappa shape index (κ2) is 8.29. The molecule has 144 valence electrons. The first-order chi connectivity index (χ1) is 13.6. The van der Waals surface area contributed by atoms with Crippen LogP contribution >= 0.6 is 22.7 Å². The highest BCUT2D eigenvalue weighted by atomic mass is 32.1. The van der Waals surface area contributed by atoms with Crippen LogP contribution in [0.25, 0.3) is 0 Å². The normalized spacial score (nSPS) is 15.9. The van der Waals surface area contributed by atoms with Crippen molar-refractivity contribution in [3.63, 3.8) is 0 Å². The van der Waals surface area contributed by atoms with Crippen molar-refractivity contribution in [2.75, 3.05) is 13.1 Å². The zero-order valence-corrected chi connectivity index (χ0v) is 17.3. The standard InChI is InChI=1S/C22H22N2O2S2/c1-15-5-2-3-6-16(15)22(26)23-11-8-20(25)24-12-9-18-17(10-14-28-18)21(24)19-7-4-13-27-19/h2-7,10,13-14,21H,8-9,11-12H2,1H3,(H,23,26)/t21-/m0/s1. The fraction of sp³-hybridized carbons (Fsp3) is 0.273. The first kappa shape index (κ1) is 18.9. The molecule has 0 saturated carbocycles. The van der Waals surface area contributed by atoms with Crippen molar-refractivity contribution < 1.29 is 9.59 Å². The molecule has 6 heteroatoms. The average Bonchev–Trinajstić information content (AvgIpc) is 3.39. The maximum Gasteiger partial charge on any atom is 0.251 e. The number of aryl methyl sites for hydroxylation is 1. The van der Waals surface area contributed by atoms with Crippen molar-refractivity contribution in [1.82, 2.24) is 10.2 Å². The van der Waals surface area contributed by atoms with E-state index in [1.807, 2.05) is 42.2 Å². The number of nitrogens with zero attached hydrogens (tertiary/aromatic N) is 1. The van der Waals surface area contributed by atoms with Crippen LogP contribution < -0.4 is 5.32 Å². The van der Waals surface area contributed by atoms with Crippen molar-refractivity contribution in [3.8, 4) is 0 Å². The number of amides is 2. The summed E-state index contributed by atoms with van der Waals surface area (Å²) in [5.74, 6) is -0.0418. The smallest absolute Gasteiger partial charge is 0.251 e. The largest absolute Gasteiger partial charge is 0.352 e. The van der Waals surface area contributed by atoms with Crippen molar-refractivity contribution >= 4 is 34.5 Å². The molecule has 0 radical (unpaired) electrons. The van der Waals surface area contributed by atoms with E-state index < -0.39 is 0 Å². The third-order valence-electron chi connectivity index (χ3n) is 5.11. The molecule has 0 aliphatic carbocycles. The van der Waals surface area contributed by atoms with Gasteiger partial charge < -0.3 is 10.2 Å². The lowest BCUT2D eigenvalue weighted by Gasteiger charge is -2.35. The van der Waals surface area contributed by atoms with Crippen LogP contribution in [0, 0.1) is 6.92 Å². The summed E-state index contributed by atoms with van der Waals surface area (Å²) in [5, 5.41) is 7.06. The van der Waals surface area contributed by atoms with Gasteiger partial charge in [0.2, 0.25) is 5.91 Å². The van der Waals surface area contributed by atoms with Gasteiger partial charge in [-0.1, -0.05) is 24.3 Å². The van der Waals surface area contributed by atoms with E-state index in [2.05, 4.69) is 28.2 Å². The van der Waals surface area contributed by atoms with Gasteiger partial charge in [-0.3, -0.25) is 9.59 Å². The Morgan fingerprint density at radius 3 is 2.75 bits per heavy atom. The fourth-order valence-corrected chi connectivity index (χ4v) is 5.45. The average molecular weight is 411 g/mol. The van der Waals surface area contributed by atoms with Gasteiger partial charge >= 0.3 is 0 Å². The zero-order valence-electron chi connectivity index (χ0n) is 15.7. The number of carbonyl (C=O) groups excluding carboxylic acids is 2. The molecule has 3 heterocycles. The minimum Gasteiger partial charge on any atom is -0.352 e. The summed E-state index contributed by atoms with van der Waals surface area (Å²) in [6.45, 7) is 2.98. The molecular weight excluding hydrogens is 388 g/mol. The summed E-state index contributed by atoms with van der Waals surface area (Å²) in [4.78, 5) is 29.9. The third kappa shape index (κ3) is 3.75. The summed E-state index contributed by atoms with van der Waals surface area (Å²) < 4.78 is 0. The zero-order chi connectivity index (χ0) is 19.5. The molecule has 1 aromatic carbocycles. The Morgan fingerprint density at radius 2 is 1.96 bits per heavy atom. The predicted octanol–water partition coefficient (Wildman–Crippen LogP) is 4.41. The number of nitrogens with one attached hydrogen (secondary N) is 1. The van der Waals surface area contributed by atoms with Gasteiger partial charge in [0.25, 0.3) is 5.91 Å². The van der Waals surface area contributed by atoms with Crippen LogP contribution in [0.5, 0.6) is 0 Å². The monoisotopic (exact) mass is 410 g/mol. The van der Waals surface area contributed by atoms with Crippen LogP contribution in [0.4, 0.5) is 0 Å². The van der Waals surface area contributed by atoms with E-state index in [0.717, 1.165) is 18.5 Å². The van der Waals surface area contributed by atoms with E-state index in [0.29, 0.717) is 18.5 Å². The molecule has 1 atom stereocenters. The van der Waals surface area contributed by atoms with E-state index in [1.165, 1.54) is 15.3 Å². The fourth-order valence-electron chi connectivity index (χ4n) is 3.69. The minimum absolute atomic E-state index is 0.00503. The van der Waals surface area contributed by atoms with E-state index >= 15 is 0 Å². The molecule has 1 aliphatic rings. The quantitative estimate of drug-likeness (QED) is 0.677. The SMILES string of the molecule is Cc1ccccc1C(=O)NCCC(=O)N1CCc2sccc2[C@H]1c1cccs1. The maximum absolute atomic E-state index is 13.0. The van der Waals surface area contributed by atoms with Crippen LogP contribution in [-0.2, 0) is 11.2 Å². The highest BCUT2D eigenvalue weighted by molar-refractivity contribution is 7.10. The van der Waals surface area contributed by atoms with Crippen molar-refractivity contribution in [3.05, 3.63) is 79.7 Å². The molecule has 0 bridgehead atoms. The summed E-state index contributed by atoms with van der Waals surface area (Å²) in [5.41, 5.74) is 2.84. The molecule has 0 saturated heterocycles. The van der Waals surface area contributed by atoms with Gasteiger partial charge in [0.1, 0.15) is 0 Å². The molecule has 2 aromatic heterocycles. The first-order valence-corrected chi connectivity index (χ1v) is 11.1. The molecule has 4 nitrogen and oxygen atoms in total. The molecule has 28 heavy (non-hydrogen) atoms. The Bertz CT molecular complexity index is 978. The second-order valence-corrected chi connectivity index (χ2v) is 8.85. The van der Waals surface area contributed by atoms with Crippen molar-refractivity contribution in [1.29, 1.82) is 0 Å². The molecule has 1 aliphatic heterocycles. The van der Waals surface area contributed by atoms with Crippen LogP contribution in [-0.4, -0.2) is 29.8 Å². The topological polar surface area (TPSA) is 49.4 Å². The van der Waals surface area contributed by atoms with Gasteiger partial charge in [0, 0.05) is 34.8 Å². The molecule has 0 unspecified atom stereocenters. The summed E-state index contributed by atoms with van der Waals surface area (Å²) in [7, 11) is 0. The Morgan fingerprint density at radius 1 is 1.11 bits per heavy atom. The number of hydrogen-bond donors (Lipinski definition) is 1.